The highest BCUT2D eigenvalue weighted by Gasteiger charge is 2.19. The molecule has 4 heteroatoms. The van der Waals surface area contributed by atoms with E-state index < -0.39 is 0 Å². The molecule has 6 rings (SSSR count). The lowest BCUT2D eigenvalue weighted by Gasteiger charge is -2.29. The third kappa shape index (κ3) is 8.15. The molecule has 6 aromatic rings. The van der Waals surface area contributed by atoms with E-state index in [9.17, 15) is 10.2 Å². The van der Waals surface area contributed by atoms with Gasteiger partial charge in [0.25, 0.3) is 0 Å². The van der Waals surface area contributed by atoms with Gasteiger partial charge < -0.3 is 20.0 Å². The van der Waals surface area contributed by atoms with Crippen molar-refractivity contribution in [3.63, 3.8) is 0 Å². The van der Waals surface area contributed by atoms with E-state index >= 15 is 0 Å². The number of hydrogen-bond donors (Lipinski definition) is 2. The molecule has 0 aliphatic carbocycles. The van der Waals surface area contributed by atoms with Crippen molar-refractivity contribution in [1.29, 1.82) is 0 Å². The molecule has 0 aromatic heterocycles. The van der Waals surface area contributed by atoms with Gasteiger partial charge in [0.15, 0.2) is 0 Å². The fraction of sp³-hybridized carbons (Fsp3) is 0.250. The fourth-order valence-electron chi connectivity index (χ4n) is 6.95. The van der Waals surface area contributed by atoms with Gasteiger partial charge >= 0.3 is 0 Å². The third-order valence-electron chi connectivity index (χ3n) is 10.3. The molecule has 266 valence electrons. The van der Waals surface area contributed by atoms with Crippen LogP contribution in [0, 0.1) is 41.5 Å². The quantitative estimate of drug-likeness (QED) is 0.127. The molecule has 0 saturated carbocycles. The van der Waals surface area contributed by atoms with Crippen LogP contribution in [0.4, 0.5) is 34.1 Å². The summed E-state index contributed by atoms with van der Waals surface area (Å²) in [6, 6.07) is 44.5. The summed E-state index contributed by atoms with van der Waals surface area (Å²) in [4.78, 5) is 4.71. The minimum atomic E-state index is 0.204. The molecule has 0 unspecified atom stereocenters. The van der Waals surface area contributed by atoms with E-state index in [0.29, 0.717) is 0 Å². The van der Waals surface area contributed by atoms with E-state index in [1.54, 1.807) is 0 Å². The Morgan fingerprint density at radius 3 is 1.06 bits per heavy atom. The summed E-state index contributed by atoms with van der Waals surface area (Å²) in [6.45, 7) is 13.5. The first-order valence-corrected chi connectivity index (χ1v) is 18.5. The molecule has 4 nitrogen and oxygen atoms in total. The summed E-state index contributed by atoms with van der Waals surface area (Å²) in [5.41, 5.74) is 19.1. The Labute approximate surface area is 310 Å². The van der Waals surface area contributed by atoms with Crippen molar-refractivity contribution in [2.45, 2.75) is 67.2 Å². The number of aliphatic hydroxyl groups excluding tert-OH is 2. The summed E-state index contributed by atoms with van der Waals surface area (Å²) in [6.07, 6.45) is 3.27. The number of rotatable bonds is 13. The van der Waals surface area contributed by atoms with Crippen LogP contribution in [0.2, 0.25) is 0 Å². The molecule has 0 aliphatic rings. The highest BCUT2D eigenvalue weighted by Crippen LogP contribution is 2.41. The van der Waals surface area contributed by atoms with E-state index in [1.165, 1.54) is 55.6 Å². The Balaban J connectivity index is 1.36. The van der Waals surface area contributed by atoms with E-state index in [2.05, 4.69) is 173 Å². The lowest BCUT2D eigenvalue weighted by atomic mass is 9.98. The molecule has 0 bridgehead atoms. The standard InChI is InChI=1S/C48H52N2O2/c1-33-11-19-45(31-35(33)3)49(43-21-13-39(14-22-43)9-7-27-51)47-25-17-41(29-37(47)5)42-18-26-48(38(6)30-42)50(46-20-12-34(2)36(4)32-46)44-23-15-40(16-24-44)10-8-28-52/h11-26,29-32,51-52H,7-10,27-28H2,1-6H3. The number of aryl methyl sites for hydroxylation is 8. The molecule has 0 saturated heterocycles. The second-order valence-corrected chi connectivity index (χ2v) is 14.2. The topological polar surface area (TPSA) is 46.9 Å². The average Bonchev–Trinajstić information content (AvgIpc) is 3.15. The number of aliphatic hydroxyl groups is 2. The molecule has 0 fully saturated rings. The predicted molar refractivity (Wildman–Crippen MR) is 220 cm³/mol. The number of nitrogens with zero attached hydrogens (tertiary/aromatic N) is 2. The van der Waals surface area contributed by atoms with Crippen LogP contribution in [0.25, 0.3) is 11.1 Å². The van der Waals surface area contributed by atoms with Gasteiger partial charge in [0.2, 0.25) is 0 Å². The van der Waals surface area contributed by atoms with Gasteiger partial charge in [0.1, 0.15) is 0 Å². The van der Waals surface area contributed by atoms with Gasteiger partial charge in [-0.2, -0.15) is 0 Å². The maximum atomic E-state index is 9.33. The predicted octanol–water partition coefficient (Wildman–Crippen LogP) is 12.0. The Kier molecular flexibility index (Phi) is 11.6. The number of anilines is 6. The summed E-state index contributed by atoms with van der Waals surface area (Å²) >= 11 is 0. The largest absolute Gasteiger partial charge is 0.396 e. The van der Waals surface area contributed by atoms with Gasteiger partial charge in [0, 0.05) is 47.3 Å². The average molecular weight is 689 g/mol. The van der Waals surface area contributed by atoms with Crippen LogP contribution in [-0.2, 0) is 12.8 Å². The Hall–Kier alpha value is -5.16. The van der Waals surface area contributed by atoms with E-state index in [4.69, 9.17) is 0 Å². The van der Waals surface area contributed by atoms with Gasteiger partial charge in [-0.25, -0.2) is 0 Å². The van der Waals surface area contributed by atoms with Crippen LogP contribution in [0.1, 0.15) is 57.3 Å². The first-order chi connectivity index (χ1) is 25.2. The van der Waals surface area contributed by atoms with Gasteiger partial charge in [-0.15, -0.1) is 0 Å². The first-order valence-electron chi connectivity index (χ1n) is 18.5. The maximum Gasteiger partial charge on any atom is 0.0491 e. The number of hydrogen-bond acceptors (Lipinski definition) is 4. The van der Waals surface area contributed by atoms with Gasteiger partial charge in [-0.05, 0) is 196 Å². The molecule has 52 heavy (non-hydrogen) atoms. The first kappa shape index (κ1) is 36.6. The summed E-state index contributed by atoms with van der Waals surface area (Å²) in [5.74, 6) is 0. The minimum absolute atomic E-state index is 0.204. The zero-order valence-corrected chi connectivity index (χ0v) is 31.6. The van der Waals surface area contributed by atoms with Crippen molar-refractivity contribution in [1.82, 2.24) is 0 Å². The molecule has 0 atom stereocenters. The Morgan fingerprint density at radius 1 is 0.365 bits per heavy atom. The van der Waals surface area contributed by atoms with Crippen molar-refractivity contribution in [3.8, 4) is 11.1 Å². The van der Waals surface area contributed by atoms with Gasteiger partial charge in [0.05, 0.1) is 0 Å². The zero-order valence-electron chi connectivity index (χ0n) is 31.6. The Bertz CT molecular complexity index is 1980. The molecule has 0 heterocycles. The molecule has 2 N–H and O–H groups in total. The van der Waals surface area contributed by atoms with Gasteiger partial charge in [-0.3, -0.25) is 0 Å². The van der Waals surface area contributed by atoms with Crippen LogP contribution in [0.3, 0.4) is 0 Å². The smallest absolute Gasteiger partial charge is 0.0491 e. The molecule has 0 radical (unpaired) electrons. The second kappa shape index (κ2) is 16.5. The second-order valence-electron chi connectivity index (χ2n) is 14.2. The van der Waals surface area contributed by atoms with Crippen LogP contribution in [0.5, 0.6) is 0 Å². The monoisotopic (exact) mass is 688 g/mol. The van der Waals surface area contributed by atoms with Crippen LogP contribution in [0.15, 0.2) is 121 Å². The minimum Gasteiger partial charge on any atom is -0.396 e. The molecule has 0 amide bonds. The molecule has 0 aliphatic heterocycles. The molecular weight excluding hydrogens is 637 g/mol. The van der Waals surface area contributed by atoms with Crippen molar-refractivity contribution in [2.24, 2.45) is 0 Å². The maximum absolute atomic E-state index is 9.33. The van der Waals surface area contributed by atoms with E-state index in [1.807, 2.05) is 0 Å². The van der Waals surface area contributed by atoms with Crippen LogP contribution in [-0.4, -0.2) is 23.4 Å². The SMILES string of the molecule is Cc1ccc(N(c2ccc(CCCO)cc2)c2ccc(-c3ccc(N(c4ccc(CCCO)cc4)c4ccc(C)c(C)c4)c(C)c3)cc2C)cc1C. The highest BCUT2D eigenvalue weighted by atomic mass is 16.3. The highest BCUT2D eigenvalue weighted by molar-refractivity contribution is 5.83. The zero-order chi connectivity index (χ0) is 36.8. The van der Waals surface area contributed by atoms with Crippen molar-refractivity contribution in [2.75, 3.05) is 23.0 Å². The lowest BCUT2D eigenvalue weighted by molar-refractivity contribution is 0.288. The van der Waals surface area contributed by atoms with E-state index in [-0.39, 0.29) is 13.2 Å². The normalized spacial score (nSPS) is 11.2. The number of benzene rings is 6. The van der Waals surface area contributed by atoms with Crippen LogP contribution >= 0.6 is 0 Å². The Morgan fingerprint density at radius 2 is 0.731 bits per heavy atom. The summed E-state index contributed by atoms with van der Waals surface area (Å²) in [7, 11) is 0. The van der Waals surface area contributed by atoms with Crippen molar-refractivity contribution >= 4 is 34.1 Å². The fourth-order valence-corrected chi connectivity index (χ4v) is 6.95. The molecule has 0 spiro atoms. The van der Waals surface area contributed by atoms with Crippen LogP contribution < -0.4 is 9.80 Å². The lowest BCUT2D eigenvalue weighted by Crippen LogP contribution is -2.12. The molecule has 6 aromatic carbocycles. The summed E-state index contributed by atoms with van der Waals surface area (Å²) in [5, 5.41) is 18.7. The van der Waals surface area contributed by atoms with E-state index in [0.717, 1.165) is 59.8 Å². The third-order valence-corrected chi connectivity index (χ3v) is 10.3. The van der Waals surface area contributed by atoms with Gasteiger partial charge in [-0.1, -0.05) is 48.5 Å². The molecular formula is C48H52N2O2. The van der Waals surface area contributed by atoms with Crippen molar-refractivity contribution < 1.29 is 10.2 Å². The summed E-state index contributed by atoms with van der Waals surface area (Å²) < 4.78 is 0. The van der Waals surface area contributed by atoms with Crippen molar-refractivity contribution in [3.05, 3.63) is 166 Å².